The standard InChI is InChI=1S/C17H13Cl2N3O4/c1-26-17(25)10-3-6-13(7-4-10)21-15(23)16(24)22-20-9-11-2-5-12(18)8-14(11)19/h2-9H,1H3,(H,21,23)(H,22,24)/b20-9-. The summed E-state index contributed by atoms with van der Waals surface area (Å²) in [5.74, 6) is -2.39. The molecule has 26 heavy (non-hydrogen) atoms. The van der Waals surface area contributed by atoms with E-state index in [-0.39, 0.29) is 0 Å². The fourth-order valence-electron chi connectivity index (χ4n) is 1.81. The summed E-state index contributed by atoms with van der Waals surface area (Å²) in [5, 5.41) is 6.86. The molecule has 2 N–H and O–H groups in total. The Hall–Kier alpha value is -2.90. The van der Waals surface area contributed by atoms with Gasteiger partial charge in [0.15, 0.2) is 0 Å². The van der Waals surface area contributed by atoms with E-state index >= 15 is 0 Å². The zero-order valence-electron chi connectivity index (χ0n) is 13.5. The number of hydrazone groups is 1. The van der Waals surface area contributed by atoms with Crippen LogP contribution in [0.1, 0.15) is 15.9 Å². The van der Waals surface area contributed by atoms with Crippen molar-refractivity contribution in [2.45, 2.75) is 0 Å². The number of esters is 1. The van der Waals surface area contributed by atoms with Crippen LogP contribution in [-0.4, -0.2) is 31.1 Å². The van der Waals surface area contributed by atoms with Gasteiger partial charge in [-0.25, -0.2) is 10.2 Å². The van der Waals surface area contributed by atoms with Crippen LogP contribution in [0.5, 0.6) is 0 Å². The second kappa shape index (κ2) is 8.98. The van der Waals surface area contributed by atoms with Crippen LogP contribution in [0, 0.1) is 0 Å². The number of benzene rings is 2. The summed E-state index contributed by atoms with van der Waals surface area (Å²) in [5.41, 5.74) is 3.26. The van der Waals surface area contributed by atoms with E-state index in [4.69, 9.17) is 23.2 Å². The zero-order valence-corrected chi connectivity index (χ0v) is 15.0. The molecule has 0 unspecified atom stereocenters. The number of carbonyl (C=O) groups excluding carboxylic acids is 3. The molecule has 0 radical (unpaired) electrons. The predicted octanol–water partition coefficient (Wildman–Crippen LogP) is 2.87. The molecule has 0 heterocycles. The van der Waals surface area contributed by atoms with Gasteiger partial charge in [0.2, 0.25) is 0 Å². The highest BCUT2D eigenvalue weighted by atomic mass is 35.5. The summed E-state index contributed by atoms with van der Waals surface area (Å²) in [6.45, 7) is 0. The molecule has 0 bridgehead atoms. The molecule has 0 saturated heterocycles. The van der Waals surface area contributed by atoms with Crippen LogP contribution in [0.2, 0.25) is 10.0 Å². The number of halogens is 2. The molecule has 0 spiro atoms. The Morgan fingerprint density at radius 3 is 2.35 bits per heavy atom. The Kier molecular flexibility index (Phi) is 6.71. The molecular formula is C17H13Cl2N3O4. The molecular weight excluding hydrogens is 381 g/mol. The van der Waals surface area contributed by atoms with Crippen LogP contribution in [0.15, 0.2) is 47.6 Å². The lowest BCUT2D eigenvalue weighted by Gasteiger charge is -2.05. The molecule has 0 atom stereocenters. The lowest BCUT2D eigenvalue weighted by Crippen LogP contribution is -2.32. The van der Waals surface area contributed by atoms with Crippen molar-refractivity contribution in [1.29, 1.82) is 0 Å². The van der Waals surface area contributed by atoms with Crippen LogP contribution < -0.4 is 10.7 Å². The molecule has 0 aliphatic rings. The first kappa shape index (κ1) is 19.4. The molecule has 0 aromatic heterocycles. The van der Waals surface area contributed by atoms with Crippen LogP contribution in [0.25, 0.3) is 0 Å². The number of methoxy groups -OCH3 is 1. The lowest BCUT2D eigenvalue weighted by molar-refractivity contribution is -0.136. The second-order valence-corrected chi connectivity index (χ2v) is 5.73. The molecule has 0 aliphatic carbocycles. The van der Waals surface area contributed by atoms with Crippen molar-refractivity contribution in [2.24, 2.45) is 5.10 Å². The van der Waals surface area contributed by atoms with Gasteiger partial charge in [0.05, 0.1) is 23.9 Å². The molecule has 2 amide bonds. The number of nitrogens with zero attached hydrogens (tertiary/aromatic N) is 1. The third kappa shape index (κ3) is 5.30. The van der Waals surface area contributed by atoms with E-state index in [0.29, 0.717) is 26.9 Å². The topological polar surface area (TPSA) is 96.9 Å². The van der Waals surface area contributed by atoms with Gasteiger partial charge >= 0.3 is 17.8 Å². The third-order valence-electron chi connectivity index (χ3n) is 3.10. The monoisotopic (exact) mass is 393 g/mol. The van der Waals surface area contributed by atoms with Crippen molar-refractivity contribution < 1.29 is 19.1 Å². The fourth-order valence-corrected chi connectivity index (χ4v) is 2.27. The van der Waals surface area contributed by atoms with E-state index in [0.717, 1.165) is 0 Å². The first-order valence-corrected chi connectivity index (χ1v) is 7.94. The zero-order chi connectivity index (χ0) is 19.1. The van der Waals surface area contributed by atoms with Crippen molar-refractivity contribution in [3.05, 3.63) is 63.6 Å². The van der Waals surface area contributed by atoms with Crippen molar-refractivity contribution >= 4 is 52.9 Å². The fraction of sp³-hybridized carbons (Fsp3) is 0.0588. The summed E-state index contributed by atoms with van der Waals surface area (Å²) in [7, 11) is 1.26. The van der Waals surface area contributed by atoms with Gasteiger partial charge < -0.3 is 10.1 Å². The second-order valence-electron chi connectivity index (χ2n) is 4.89. The normalized spacial score (nSPS) is 10.4. The summed E-state index contributed by atoms with van der Waals surface area (Å²) < 4.78 is 4.57. The van der Waals surface area contributed by atoms with Gasteiger partial charge in [-0.1, -0.05) is 29.3 Å². The Bertz CT molecular complexity index is 867. The number of hydrogen-bond acceptors (Lipinski definition) is 5. The first-order valence-electron chi connectivity index (χ1n) is 7.18. The molecule has 0 fully saturated rings. The average Bonchev–Trinajstić information content (AvgIpc) is 2.63. The summed E-state index contributed by atoms with van der Waals surface area (Å²) >= 11 is 11.7. The highest BCUT2D eigenvalue weighted by Gasteiger charge is 2.13. The van der Waals surface area contributed by atoms with E-state index < -0.39 is 17.8 Å². The lowest BCUT2D eigenvalue weighted by atomic mass is 10.2. The molecule has 134 valence electrons. The van der Waals surface area contributed by atoms with Gasteiger partial charge in [0, 0.05) is 16.3 Å². The van der Waals surface area contributed by atoms with Crippen molar-refractivity contribution in [3.63, 3.8) is 0 Å². The molecule has 9 heteroatoms. The smallest absolute Gasteiger partial charge is 0.337 e. The van der Waals surface area contributed by atoms with E-state index in [9.17, 15) is 14.4 Å². The summed E-state index contributed by atoms with van der Waals surface area (Å²) in [6.07, 6.45) is 1.29. The van der Waals surface area contributed by atoms with Crippen molar-refractivity contribution in [1.82, 2.24) is 5.43 Å². The maximum atomic E-state index is 11.8. The van der Waals surface area contributed by atoms with E-state index in [1.807, 2.05) is 0 Å². The van der Waals surface area contributed by atoms with Crippen LogP contribution >= 0.6 is 23.2 Å². The maximum absolute atomic E-state index is 11.8. The Morgan fingerprint density at radius 1 is 1.04 bits per heavy atom. The quantitative estimate of drug-likeness (QED) is 0.361. The van der Waals surface area contributed by atoms with Gasteiger partial charge in [-0.05, 0) is 36.4 Å². The highest BCUT2D eigenvalue weighted by Crippen LogP contribution is 2.19. The Balaban J connectivity index is 1.92. The maximum Gasteiger partial charge on any atom is 0.337 e. The number of ether oxygens (including phenoxy) is 1. The molecule has 2 aromatic rings. The van der Waals surface area contributed by atoms with Gasteiger partial charge in [-0.15, -0.1) is 0 Å². The Labute approximate surface area is 158 Å². The molecule has 0 saturated carbocycles. The first-order chi connectivity index (χ1) is 12.4. The number of anilines is 1. The van der Waals surface area contributed by atoms with Gasteiger partial charge in [0.1, 0.15) is 0 Å². The average molecular weight is 394 g/mol. The van der Waals surface area contributed by atoms with Gasteiger partial charge in [-0.2, -0.15) is 5.10 Å². The minimum atomic E-state index is -0.969. The van der Waals surface area contributed by atoms with E-state index in [1.54, 1.807) is 12.1 Å². The molecule has 2 rings (SSSR count). The van der Waals surface area contributed by atoms with Crippen LogP contribution in [0.4, 0.5) is 5.69 Å². The molecule has 0 aliphatic heterocycles. The minimum Gasteiger partial charge on any atom is -0.465 e. The number of amides is 2. The summed E-state index contributed by atoms with van der Waals surface area (Å²) in [6, 6.07) is 10.6. The summed E-state index contributed by atoms with van der Waals surface area (Å²) in [4.78, 5) is 34.9. The van der Waals surface area contributed by atoms with Crippen molar-refractivity contribution in [2.75, 3.05) is 12.4 Å². The predicted molar refractivity (Wildman–Crippen MR) is 98.6 cm³/mol. The van der Waals surface area contributed by atoms with E-state index in [2.05, 4.69) is 20.6 Å². The van der Waals surface area contributed by atoms with Crippen LogP contribution in [0.3, 0.4) is 0 Å². The molecule has 7 nitrogen and oxygen atoms in total. The number of rotatable bonds is 4. The van der Waals surface area contributed by atoms with E-state index in [1.165, 1.54) is 43.7 Å². The molecule has 2 aromatic carbocycles. The van der Waals surface area contributed by atoms with Crippen molar-refractivity contribution in [3.8, 4) is 0 Å². The highest BCUT2D eigenvalue weighted by molar-refractivity contribution is 6.39. The third-order valence-corrected chi connectivity index (χ3v) is 3.66. The number of hydrogen-bond donors (Lipinski definition) is 2. The van der Waals surface area contributed by atoms with Gasteiger partial charge in [0.25, 0.3) is 0 Å². The number of carbonyl (C=O) groups is 3. The van der Waals surface area contributed by atoms with Gasteiger partial charge in [-0.3, -0.25) is 9.59 Å². The Morgan fingerprint density at radius 2 is 1.73 bits per heavy atom. The number of nitrogens with one attached hydrogen (secondary N) is 2. The van der Waals surface area contributed by atoms with Crippen LogP contribution in [-0.2, 0) is 14.3 Å². The largest absolute Gasteiger partial charge is 0.465 e. The minimum absolute atomic E-state index is 0.319. The SMILES string of the molecule is COC(=O)c1ccc(NC(=O)C(=O)N/N=C\c2ccc(Cl)cc2Cl)cc1.